The van der Waals surface area contributed by atoms with Crippen molar-refractivity contribution in [2.75, 3.05) is 13.7 Å². The standard InChI is InChI=1S/C24H34N2O3/c1-6-18-20(19-12-11-17(29-5)13-21(19)25-23(18)28)14-22(27)26(15-24(2,3)4)16-9-7-8-10-16/h11-13,16H,6-10,14-15H2,1-5H3,(H,25,28). The first-order chi connectivity index (χ1) is 13.7. The van der Waals surface area contributed by atoms with Crippen molar-refractivity contribution in [1.82, 2.24) is 9.88 Å². The highest BCUT2D eigenvalue weighted by molar-refractivity contribution is 5.90. The number of methoxy groups -OCH3 is 1. The number of fused-ring (bicyclic) bond motifs is 1. The number of aromatic amines is 1. The molecule has 0 bridgehead atoms. The van der Waals surface area contributed by atoms with E-state index in [0.717, 1.165) is 35.9 Å². The number of carbonyl (C=O) groups excluding carboxylic acids is 1. The number of ether oxygens (including phenoxy) is 1. The Balaban J connectivity index is 2.02. The van der Waals surface area contributed by atoms with Crippen molar-refractivity contribution in [1.29, 1.82) is 0 Å². The molecule has 1 saturated carbocycles. The molecule has 0 unspecified atom stereocenters. The van der Waals surface area contributed by atoms with Crippen molar-refractivity contribution in [2.24, 2.45) is 5.41 Å². The van der Waals surface area contributed by atoms with E-state index in [-0.39, 0.29) is 23.3 Å². The van der Waals surface area contributed by atoms with Gasteiger partial charge in [-0.2, -0.15) is 0 Å². The molecular weight excluding hydrogens is 364 g/mol. The number of nitrogens with zero attached hydrogens (tertiary/aromatic N) is 1. The Morgan fingerprint density at radius 2 is 1.90 bits per heavy atom. The molecule has 5 nitrogen and oxygen atoms in total. The topological polar surface area (TPSA) is 62.4 Å². The van der Waals surface area contributed by atoms with Crippen LogP contribution >= 0.6 is 0 Å². The minimum Gasteiger partial charge on any atom is -0.497 e. The lowest BCUT2D eigenvalue weighted by molar-refractivity contribution is -0.134. The maximum atomic E-state index is 13.5. The average molecular weight is 399 g/mol. The van der Waals surface area contributed by atoms with E-state index in [4.69, 9.17) is 4.74 Å². The first-order valence-corrected chi connectivity index (χ1v) is 10.7. The minimum atomic E-state index is -0.112. The van der Waals surface area contributed by atoms with Crippen LogP contribution in [0.1, 0.15) is 64.5 Å². The molecule has 0 spiro atoms. The zero-order valence-electron chi connectivity index (χ0n) is 18.4. The van der Waals surface area contributed by atoms with Gasteiger partial charge in [0.05, 0.1) is 19.0 Å². The van der Waals surface area contributed by atoms with Crippen molar-refractivity contribution in [2.45, 2.75) is 72.3 Å². The SMILES string of the molecule is CCc1c(CC(=O)N(CC(C)(C)C)C2CCCC2)c2ccc(OC)cc2[nH]c1=O. The Morgan fingerprint density at radius 1 is 1.21 bits per heavy atom. The quantitative estimate of drug-likeness (QED) is 0.781. The van der Waals surface area contributed by atoms with E-state index >= 15 is 0 Å². The molecule has 1 N–H and O–H groups in total. The molecule has 3 rings (SSSR count). The Labute approximate surface area is 173 Å². The van der Waals surface area contributed by atoms with Gasteiger partial charge in [-0.25, -0.2) is 0 Å². The molecule has 1 aromatic carbocycles. The molecule has 0 radical (unpaired) electrons. The summed E-state index contributed by atoms with van der Waals surface area (Å²) in [5.41, 5.74) is 2.21. The van der Waals surface area contributed by atoms with E-state index in [1.54, 1.807) is 7.11 Å². The predicted molar refractivity (Wildman–Crippen MR) is 118 cm³/mol. The van der Waals surface area contributed by atoms with Gasteiger partial charge in [0.25, 0.3) is 5.56 Å². The van der Waals surface area contributed by atoms with E-state index in [2.05, 4.69) is 30.7 Å². The highest BCUT2D eigenvalue weighted by Crippen LogP contribution is 2.29. The summed E-state index contributed by atoms with van der Waals surface area (Å²) in [6.07, 6.45) is 5.40. The molecule has 2 aromatic rings. The Kier molecular flexibility index (Phi) is 6.35. The van der Waals surface area contributed by atoms with Crippen LogP contribution in [0.15, 0.2) is 23.0 Å². The van der Waals surface area contributed by atoms with Crippen LogP contribution in [-0.2, 0) is 17.6 Å². The minimum absolute atomic E-state index is 0.0371. The van der Waals surface area contributed by atoms with E-state index in [1.165, 1.54) is 12.8 Å². The van der Waals surface area contributed by atoms with E-state index in [0.29, 0.717) is 23.8 Å². The Bertz CT molecular complexity index is 934. The van der Waals surface area contributed by atoms with E-state index in [9.17, 15) is 9.59 Å². The second kappa shape index (κ2) is 8.60. The maximum absolute atomic E-state index is 13.5. The van der Waals surface area contributed by atoms with Crippen LogP contribution in [0.25, 0.3) is 10.9 Å². The molecule has 1 amide bonds. The third-order valence-corrected chi connectivity index (χ3v) is 5.85. The van der Waals surface area contributed by atoms with Crippen molar-refractivity contribution >= 4 is 16.8 Å². The summed E-state index contributed by atoms with van der Waals surface area (Å²) in [5.74, 6) is 0.819. The molecule has 1 aliphatic carbocycles. The van der Waals surface area contributed by atoms with Crippen molar-refractivity contribution < 1.29 is 9.53 Å². The van der Waals surface area contributed by atoms with Gasteiger partial charge in [-0.1, -0.05) is 40.5 Å². The van der Waals surface area contributed by atoms with Gasteiger partial charge < -0.3 is 14.6 Å². The maximum Gasteiger partial charge on any atom is 0.251 e. The highest BCUT2D eigenvalue weighted by atomic mass is 16.5. The number of aromatic nitrogens is 1. The molecule has 5 heteroatoms. The number of benzene rings is 1. The monoisotopic (exact) mass is 398 g/mol. The number of amides is 1. The number of pyridine rings is 1. The van der Waals surface area contributed by atoms with E-state index < -0.39 is 0 Å². The Hall–Kier alpha value is -2.30. The van der Waals surface area contributed by atoms with Crippen molar-refractivity contribution in [3.63, 3.8) is 0 Å². The number of hydrogen-bond donors (Lipinski definition) is 1. The fourth-order valence-electron chi connectivity index (χ4n) is 4.49. The molecule has 1 aliphatic rings. The molecule has 1 fully saturated rings. The van der Waals surface area contributed by atoms with Crippen LogP contribution in [0.5, 0.6) is 5.75 Å². The number of rotatable bonds is 6. The summed E-state index contributed by atoms with van der Waals surface area (Å²) in [6.45, 7) is 9.24. The van der Waals surface area contributed by atoms with Gasteiger partial charge in [-0.05, 0) is 42.4 Å². The normalized spacial score (nSPS) is 15.1. The van der Waals surface area contributed by atoms with E-state index in [1.807, 2.05) is 25.1 Å². The summed E-state index contributed by atoms with van der Waals surface area (Å²) >= 11 is 0. The van der Waals surface area contributed by atoms with Crippen molar-refractivity contribution in [3.8, 4) is 5.75 Å². The second-order valence-electron chi connectivity index (χ2n) is 9.37. The summed E-state index contributed by atoms with van der Waals surface area (Å²) in [5, 5.41) is 0.928. The van der Waals surface area contributed by atoms with Gasteiger partial charge in [-0.15, -0.1) is 0 Å². The molecule has 1 heterocycles. The first kappa shape index (κ1) is 21.4. The van der Waals surface area contributed by atoms with Crippen LogP contribution in [0.2, 0.25) is 0 Å². The predicted octanol–water partition coefficient (Wildman–Crippen LogP) is 4.46. The zero-order valence-corrected chi connectivity index (χ0v) is 18.4. The summed E-state index contributed by atoms with van der Waals surface area (Å²) in [4.78, 5) is 31.3. The molecule has 29 heavy (non-hydrogen) atoms. The molecule has 0 atom stereocenters. The van der Waals surface area contributed by atoms with Crippen LogP contribution in [0.4, 0.5) is 0 Å². The molecule has 1 aromatic heterocycles. The van der Waals surface area contributed by atoms with Gasteiger partial charge in [0.15, 0.2) is 0 Å². The summed E-state index contributed by atoms with van der Waals surface area (Å²) in [7, 11) is 1.61. The van der Waals surface area contributed by atoms with Gasteiger partial charge in [-0.3, -0.25) is 9.59 Å². The van der Waals surface area contributed by atoms with Crippen LogP contribution in [0.3, 0.4) is 0 Å². The fourth-order valence-corrected chi connectivity index (χ4v) is 4.49. The van der Waals surface area contributed by atoms with Gasteiger partial charge in [0, 0.05) is 29.6 Å². The third-order valence-electron chi connectivity index (χ3n) is 5.85. The zero-order chi connectivity index (χ0) is 21.2. The van der Waals surface area contributed by atoms with Gasteiger partial charge in [0.2, 0.25) is 5.91 Å². The second-order valence-corrected chi connectivity index (χ2v) is 9.37. The van der Waals surface area contributed by atoms with Gasteiger partial charge in [0.1, 0.15) is 5.75 Å². The fraction of sp³-hybridized carbons (Fsp3) is 0.583. The lowest BCUT2D eigenvalue weighted by Gasteiger charge is -2.35. The number of H-pyrrole nitrogens is 1. The first-order valence-electron chi connectivity index (χ1n) is 10.7. The number of hydrogen-bond acceptors (Lipinski definition) is 3. The number of carbonyl (C=O) groups is 1. The van der Waals surface area contributed by atoms with Crippen LogP contribution in [0, 0.1) is 5.41 Å². The lowest BCUT2D eigenvalue weighted by Crippen LogP contribution is -2.44. The smallest absolute Gasteiger partial charge is 0.251 e. The third kappa shape index (κ3) is 4.82. The van der Waals surface area contributed by atoms with Crippen LogP contribution < -0.4 is 10.3 Å². The molecular formula is C24H34N2O3. The lowest BCUT2D eigenvalue weighted by atomic mass is 9.93. The molecule has 0 aliphatic heterocycles. The summed E-state index contributed by atoms with van der Waals surface area (Å²) < 4.78 is 5.30. The highest BCUT2D eigenvalue weighted by Gasteiger charge is 2.30. The van der Waals surface area contributed by atoms with Crippen molar-refractivity contribution in [3.05, 3.63) is 39.7 Å². The average Bonchev–Trinajstić information content (AvgIpc) is 3.19. The van der Waals surface area contributed by atoms with Crippen LogP contribution in [-0.4, -0.2) is 35.5 Å². The summed E-state index contributed by atoms with van der Waals surface area (Å²) in [6, 6.07) is 5.99. The largest absolute Gasteiger partial charge is 0.497 e. The number of nitrogens with one attached hydrogen (secondary N) is 1. The molecule has 0 saturated heterocycles. The molecule has 158 valence electrons. The Morgan fingerprint density at radius 3 is 2.48 bits per heavy atom. The van der Waals surface area contributed by atoms with Gasteiger partial charge >= 0.3 is 0 Å².